The van der Waals surface area contributed by atoms with Gasteiger partial charge in [-0.05, 0) is 0 Å². The van der Waals surface area contributed by atoms with Crippen molar-refractivity contribution in [1.29, 1.82) is 0 Å². The van der Waals surface area contributed by atoms with E-state index < -0.39 is 0 Å². The highest BCUT2D eigenvalue weighted by Gasteiger charge is 2.06. The number of hydrogen-bond donors (Lipinski definition) is 0. The number of ether oxygens (including phenoxy) is 1. The molecule has 60 valence electrons. The van der Waals surface area contributed by atoms with Crippen LogP contribution >= 0.6 is 15.9 Å². The lowest BCUT2D eigenvalue weighted by molar-refractivity contribution is 0.374. The van der Waals surface area contributed by atoms with Crippen LogP contribution in [0.1, 0.15) is 5.76 Å². The summed E-state index contributed by atoms with van der Waals surface area (Å²) < 4.78 is 9.84. The Morgan fingerprint density at radius 1 is 1.73 bits per heavy atom. The molecule has 0 bridgehead atoms. The molecule has 1 rings (SSSR count). The molecule has 3 nitrogen and oxygen atoms in total. The van der Waals surface area contributed by atoms with Crippen molar-refractivity contribution in [3.8, 4) is 5.75 Å². The first-order chi connectivity index (χ1) is 5.29. The molecule has 0 radical (unpaired) electrons. The molecule has 11 heavy (non-hydrogen) atoms. The topological polar surface area (TPSA) is 39.4 Å². The van der Waals surface area contributed by atoms with Crippen molar-refractivity contribution < 1.29 is 9.15 Å². The lowest BCUT2D eigenvalue weighted by Crippen LogP contribution is -2.05. The van der Waals surface area contributed by atoms with E-state index in [1.807, 2.05) is 0 Å². The number of halogens is 1. The van der Waals surface area contributed by atoms with E-state index in [9.17, 15) is 4.79 Å². The quantitative estimate of drug-likeness (QED) is 0.708. The van der Waals surface area contributed by atoms with Crippen LogP contribution in [0.5, 0.6) is 5.75 Å². The van der Waals surface area contributed by atoms with E-state index in [1.165, 1.54) is 19.4 Å². The number of rotatable bonds is 2. The molecule has 0 atom stereocenters. The van der Waals surface area contributed by atoms with Crippen molar-refractivity contribution in [2.45, 2.75) is 5.33 Å². The molecule has 1 heterocycles. The van der Waals surface area contributed by atoms with Crippen LogP contribution in [-0.2, 0) is 5.33 Å². The van der Waals surface area contributed by atoms with Crippen molar-refractivity contribution in [3.63, 3.8) is 0 Å². The van der Waals surface area contributed by atoms with Crippen LogP contribution in [0.25, 0.3) is 0 Å². The largest absolute Gasteiger partial charge is 0.490 e. The predicted molar refractivity (Wildman–Crippen MR) is 44.2 cm³/mol. The summed E-state index contributed by atoms with van der Waals surface area (Å²) in [6.07, 6.45) is 1.35. The molecule has 0 aromatic carbocycles. The third kappa shape index (κ3) is 1.63. The molecule has 4 heteroatoms. The lowest BCUT2D eigenvalue weighted by Gasteiger charge is -2.00. The van der Waals surface area contributed by atoms with Crippen LogP contribution in [0.4, 0.5) is 0 Å². The van der Waals surface area contributed by atoms with Crippen LogP contribution in [0.2, 0.25) is 0 Å². The maximum absolute atomic E-state index is 11.0. The van der Waals surface area contributed by atoms with Gasteiger partial charge in [-0.3, -0.25) is 4.79 Å². The summed E-state index contributed by atoms with van der Waals surface area (Å²) in [6, 6.07) is 1.32. The molecule has 0 unspecified atom stereocenters. The SMILES string of the molecule is COc1c(CBr)occc1=O. The van der Waals surface area contributed by atoms with Crippen LogP contribution in [0, 0.1) is 0 Å². The second-order valence-corrected chi connectivity index (χ2v) is 2.44. The van der Waals surface area contributed by atoms with Crippen molar-refractivity contribution >= 4 is 15.9 Å². The zero-order valence-corrected chi connectivity index (χ0v) is 7.55. The van der Waals surface area contributed by atoms with Gasteiger partial charge in [-0.1, -0.05) is 15.9 Å². The van der Waals surface area contributed by atoms with Gasteiger partial charge in [-0.15, -0.1) is 0 Å². The van der Waals surface area contributed by atoms with Crippen molar-refractivity contribution in [3.05, 3.63) is 28.3 Å². The highest BCUT2D eigenvalue weighted by molar-refractivity contribution is 9.08. The lowest BCUT2D eigenvalue weighted by atomic mass is 10.4. The molecular formula is C7H7BrO3. The fraction of sp³-hybridized carbons (Fsp3) is 0.286. The molecule has 1 aromatic heterocycles. The van der Waals surface area contributed by atoms with Gasteiger partial charge in [0.2, 0.25) is 11.2 Å². The Labute approximate surface area is 72.1 Å². The van der Waals surface area contributed by atoms with Crippen LogP contribution < -0.4 is 10.2 Å². The van der Waals surface area contributed by atoms with Crippen molar-refractivity contribution in [1.82, 2.24) is 0 Å². The van der Waals surface area contributed by atoms with E-state index in [2.05, 4.69) is 15.9 Å². The average Bonchev–Trinajstić information content (AvgIpc) is 2.04. The van der Waals surface area contributed by atoms with Gasteiger partial charge >= 0.3 is 0 Å². The van der Waals surface area contributed by atoms with Gasteiger partial charge in [0.25, 0.3) is 0 Å². The fourth-order valence-corrected chi connectivity index (χ4v) is 1.14. The Kier molecular flexibility index (Phi) is 2.70. The molecule has 0 amide bonds. The van der Waals surface area contributed by atoms with Gasteiger partial charge in [-0.2, -0.15) is 0 Å². The summed E-state index contributed by atoms with van der Waals surface area (Å²) in [5, 5.41) is 0.478. The first-order valence-electron chi connectivity index (χ1n) is 3.00. The first-order valence-corrected chi connectivity index (χ1v) is 4.12. The summed E-state index contributed by atoms with van der Waals surface area (Å²) in [6.45, 7) is 0. The van der Waals surface area contributed by atoms with Crippen molar-refractivity contribution in [2.24, 2.45) is 0 Å². The smallest absolute Gasteiger partial charge is 0.227 e. The Morgan fingerprint density at radius 3 is 2.91 bits per heavy atom. The van der Waals surface area contributed by atoms with Gasteiger partial charge in [0.15, 0.2) is 5.76 Å². The molecule has 0 N–H and O–H groups in total. The van der Waals surface area contributed by atoms with E-state index >= 15 is 0 Å². The zero-order chi connectivity index (χ0) is 8.27. The molecule has 0 fully saturated rings. The first kappa shape index (κ1) is 8.33. The van der Waals surface area contributed by atoms with Crippen LogP contribution in [-0.4, -0.2) is 7.11 Å². The molecule has 1 aromatic rings. The number of hydrogen-bond acceptors (Lipinski definition) is 3. The van der Waals surface area contributed by atoms with E-state index in [0.717, 1.165) is 0 Å². The third-order valence-electron chi connectivity index (χ3n) is 1.23. The van der Waals surface area contributed by atoms with Gasteiger partial charge in [0.1, 0.15) is 0 Å². The minimum Gasteiger partial charge on any atom is -0.490 e. The summed E-state index contributed by atoms with van der Waals surface area (Å²) >= 11 is 3.17. The molecule has 0 saturated carbocycles. The number of alkyl halides is 1. The van der Waals surface area contributed by atoms with Crippen molar-refractivity contribution in [2.75, 3.05) is 7.11 Å². The minimum absolute atomic E-state index is 0.159. The molecule has 0 aliphatic heterocycles. The monoisotopic (exact) mass is 218 g/mol. The Hall–Kier alpha value is -0.770. The van der Waals surface area contributed by atoms with Crippen LogP contribution in [0.15, 0.2) is 21.5 Å². The second-order valence-electron chi connectivity index (χ2n) is 1.87. The highest BCUT2D eigenvalue weighted by Crippen LogP contribution is 2.14. The van der Waals surface area contributed by atoms with Gasteiger partial charge in [0, 0.05) is 6.07 Å². The minimum atomic E-state index is -0.159. The van der Waals surface area contributed by atoms with Gasteiger partial charge < -0.3 is 9.15 Å². The summed E-state index contributed by atoms with van der Waals surface area (Å²) in [4.78, 5) is 11.0. The molecular weight excluding hydrogens is 212 g/mol. The van der Waals surface area contributed by atoms with E-state index in [1.54, 1.807) is 0 Å². The Balaban J connectivity index is 3.24. The summed E-state index contributed by atoms with van der Waals surface area (Å²) in [5.41, 5.74) is -0.159. The maximum Gasteiger partial charge on any atom is 0.227 e. The molecule has 0 saturated heterocycles. The van der Waals surface area contributed by atoms with Crippen LogP contribution in [0.3, 0.4) is 0 Å². The average molecular weight is 219 g/mol. The van der Waals surface area contributed by atoms with E-state index in [0.29, 0.717) is 11.1 Å². The predicted octanol–water partition coefficient (Wildman–Crippen LogP) is 1.54. The van der Waals surface area contributed by atoms with E-state index in [-0.39, 0.29) is 11.2 Å². The molecule has 0 aliphatic rings. The highest BCUT2D eigenvalue weighted by atomic mass is 79.9. The second kappa shape index (κ2) is 3.57. The van der Waals surface area contributed by atoms with E-state index in [4.69, 9.17) is 9.15 Å². The standard InChI is InChI=1S/C7H7BrO3/c1-10-7-5(9)2-3-11-6(7)4-8/h2-3H,4H2,1H3. The zero-order valence-electron chi connectivity index (χ0n) is 5.96. The third-order valence-corrected chi connectivity index (χ3v) is 1.74. The van der Waals surface area contributed by atoms with Gasteiger partial charge in [-0.25, -0.2) is 0 Å². The summed E-state index contributed by atoms with van der Waals surface area (Å²) in [7, 11) is 1.44. The Morgan fingerprint density at radius 2 is 2.45 bits per heavy atom. The fourth-order valence-electron chi connectivity index (χ4n) is 0.751. The summed E-state index contributed by atoms with van der Waals surface area (Å²) in [5.74, 6) is 0.782. The molecule has 0 spiro atoms. The maximum atomic E-state index is 11.0. The normalized spacial score (nSPS) is 9.64. The van der Waals surface area contributed by atoms with Gasteiger partial charge in [0.05, 0.1) is 18.7 Å². The number of methoxy groups -OCH3 is 1. The Bertz CT molecular complexity index is 292. The molecule has 0 aliphatic carbocycles.